The Morgan fingerprint density at radius 3 is 2.67 bits per heavy atom. The minimum Gasteiger partial charge on any atom is -0.383 e. The molecule has 1 fully saturated rings. The summed E-state index contributed by atoms with van der Waals surface area (Å²) in [5.41, 5.74) is 3.99. The summed E-state index contributed by atoms with van der Waals surface area (Å²) in [4.78, 5) is 35.2. The maximum atomic E-state index is 13.8. The first-order chi connectivity index (χ1) is 19.5. The van der Waals surface area contributed by atoms with Crippen LogP contribution in [0.3, 0.4) is 0 Å². The number of methoxy groups -OCH3 is 1. The molecule has 8 heteroatoms. The quantitative estimate of drug-likeness (QED) is 0.364. The molecule has 3 aromatic rings. The summed E-state index contributed by atoms with van der Waals surface area (Å²) >= 11 is 1.59. The summed E-state index contributed by atoms with van der Waals surface area (Å²) in [6.45, 7) is 9.86. The van der Waals surface area contributed by atoms with E-state index in [4.69, 9.17) is 4.74 Å². The van der Waals surface area contributed by atoms with E-state index >= 15 is 0 Å². The largest absolute Gasteiger partial charge is 0.383 e. The highest BCUT2D eigenvalue weighted by molar-refractivity contribution is 7.10. The number of piperazine rings is 1. The molecule has 0 spiro atoms. The molecule has 1 N–H and O–H groups in total. The maximum absolute atomic E-state index is 13.8. The second kappa shape index (κ2) is 13.0. The number of aryl methyl sites for hydroxylation is 1. The Labute approximate surface area is 241 Å². The van der Waals surface area contributed by atoms with Gasteiger partial charge in [-0.25, -0.2) is 0 Å². The van der Waals surface area contributed by atoms with Crippen LogP contribution in [0.25, 0.3) is 0 Å². The van der Waals surface area contributed by atoms with Gasteiger partial charge in [0.1, 0.15) is 0 Å². The third-order valence-electron chi connectivity index (χ3n) is 8.09. The average Bonchev–Trinajstić information content (AvgIpc) is 3.49. The van der Waals surface area contributed by atoms with E-state index in [-0.39, 0.29) is 17.9 Å². The van der Waals surface area contributed by atoms with Crippen molar-refractivity contribution in [2.75, 3.05) is 57.9 Å². The summed E-state index contributed by atoms with van der Waals surface area (Å²) in [7, 11) is 1.63. The van der Waals surface area contributed by atoms with Crippen molar-refractivity contribution in [2.45, 2.75) is 38.3 Å². The summed E-state index contributed by atoms with van der Waals surface area (Å²) in [5.74, 6) is -0.547. The number of anilines is 1. The van der Waals surface area contributed by atoms with Crippen LogP contribution in [-0.4, -0.2) is 80.6 Å². The van der Waals surface area contributed by atoms with Gasteiger partial charge in [0.15, 0.2) is 0 Å². The highest BCUT2D eigenvalue weighted by Crippen LogP contribution is 2.44. The third-order valence-corrected chi connectivity index (χ3v) is 9.03. The lowest BCUT2D eigenvalue weighted by molar-refractivity contribution is -0.124. The molecule has 0 unspecified atom stereocenters. The fourth-order valence-corrected chi connectivity index (χ4v) is 7.01. The molecule has 2 amide bonds. The zero-order valence-corrected chi connectivity index (χ0v) is 24.5. The Balaban J connectivity index is 1.22. The fraction of sp³-hybridized carbons (Fsp3) is 0.438. The number of ether oxygens (including phenoxy) is 1. The van der Waals surface area contributed by atoms with E-state index in [0.717, 1.165) is 43.0 Å². The van der Waals surface area contributed by atoms with E-state index in [1.54, 1.807) is 18.4 Å². The van der Waals surface area contributed by atoms with Gasteiger partial charge in [-0.15, -0.1) is 11.3 Å². The number of carbonyl (C=O) groups is 2. The van der Waals surface area contributed by atoms with Gasteiger partial charge >= 0.3 is 0 Å². The Morgan fingerprint density at radius 2 is 1.93 bits per heavy atom. The molecule has 40 heavy (non-hydrogen) atoms. The van der Waals surface area contributed by atoms with Crippen molar-refractivity contribution in [3.05, 3.63) is 87.6 Å². The number of hydrogen-bond acceptors (Lipinski definition) is 6. The number of nitrogens with zero attached hydrogens (tertiary/aromatic N) is 3. The summed E-state index contributed by atoms with van der Waals surface area (Å²) in [5, 5.41) is 5.23. The monoisotopic (exact) mass is 560 g/mol. The van der Waals surface area contributed by atoms with E-state index in [0.29, 0.717) is 31.3 Å². The van der Waals surface area contributed by atoms with Gasteiger partial charge in [0, 0.05) is 62.0 Å². The van der Waals surface area contributed by atoms with Gasteiger partial charge in [-0.2, -0.15) is 0 Å². The van der Waals surface area contributed by atoms with Crippen LogP contribution in [0.1, 0.15) is 51.7 Å². The van der Waals surface area contributed by atoms with Gasteiger partial charge < -0.3 is 19.9 Å². The molecule has 1 saturated heterocycles. The van der Waals surface area contributed by atoms with E-state index in [2.05, 4.69) is 53.2 Å². The average molecular weight is 561 g/mol. The topological polar surface area (TPSA) is 65.1 Å². The minimum atomic E-state index is -0.470. The SMILES string of the molecule is COCCN1C(=O)c2ccccc2[C@H](C(=O)NCCCN2CCN(c3cccc(C)c3)[C@H](C)C2)[C@H]1c1cccs1. The lowest BCUT2D eigenvalue weighted by Crippen LogP contribution is -2.52. The van der Waals surface area contributed by atoms with Crippen LogP contribution in [0.15, 0.2) is 66.0 Å². The van der Waals surface area contributed by atoms with E-state index in [9.17, 15) is 9.59 Å². The Kier molecular flexibility index (Phi) is 9.19. The molecule has 5 rings (SSSR count). The Hall–Kier alpha value is -3.20. The first-order valence-electron chi connectivity index (χ1n) is 14.2. The highest BCUT2D eigenvalue weighted by atomic mass is 32.1. The van der Waals surface area contributed by atoms with Gasteiger partial charge in [-0.1, -0.05) is 36.4 Å². The second-order valence-corrected chi connectivity index (χ2v) is 11.8. The molecule has 2 aromatic carbocycles. The van der Waals surface area contributed by atoms with Crippen molar-refractivity contribution >= 4 is 28.8 Å². The fourth-order valence-electron chi connectivity index (χ4n) is 6.14. The van der Waals surface area contributed by atoms with Crippen LogP contribution in [0.2, 0.25) is 0 Å². The number of amides is 2. The number of nitrogens with one attached hydrogen (secondary N) is 1. The van der Waals surface area contributed by atoms with Crippen LogP contribution in [0, 0.1) is 6.92 Å². The molecule has 0 radical (unpaired) electrons. The number of fused-ring (bicyclic) bond motifs is 1. The molecule has 0 bridgehead atoms. The molecule has 0 aliphatic carbocycles. The van der Waals surface area contributed by atoms with Crippen molar-refractivity contribution in [3.63, 3.8) is 0 Å². The Bertz CT molecular complexity index is 1300. The minimum absolute atomic E-state index is 0.0293. The first kappa shape index (κ1) is 28.3. The lowest BCUT2D eigenvalue weighted by atomic mass is 9.81. The van der Waals surface area contributed by atoms with E-state index in [1.807, 2.05) is 46.7 Å². The van der Waals surface area contributed by atoms with Gasteiger partial charge in [0.25, 0.3) is 5.91 Å². The smallest absolute Gasteiger partial charge is 0.254 e. The number of benzene rings is 2. The van der Waals surface area contributed by atoms with Crippen LogP contribution < -0.4 is 10.2 Å². The molecule has 0 saturated carbocycles. The molecular formula is C32H40N4O3S. The van der Waals surface area contributed by atoms with Crippen LogP contribution in [-0.2, 0) is 9.53 Å². The Morgan fingerprint density at radius 1 is 1.07 bits per heavy atom. The standard InChI is InChI=1S/C32H40N4O3S/c1-23-9-6-10-25(21-23)35-17-16-34(22-24(35)2)15-8-14-33-31(37)29-26-11-4-5-12-27(26)32(38)36(18-19-39-3)30(29)28-13-7-20-40-28/h4-7,9-13,20-21,24,29-30H,8,14-19,22H2,1-3H3,(H,33,37)/t24-,29+,30-/m1/s1. The molecule has 2 aliphatic heterocycles. The summed E-state index contributed by atoms with van der Waals surface area (Å²) in [6.07, 6.45) is 0.882. The summed E-state index contributed by atoms with van der Waals surface area (Å²) < 4.78 is 5.33. The number of carbonyl (C=O) groups excluding carboxylic acids is 2. The molecule has 1 aromatic heterocycles. The van der Waals surface area contributed by atoms with Crippen molar-refractivity contribution < 1.29 is 14.3 Å². The molecule has 212 valence electrons. The first-order valence-corrected chi connectivity index (χ1v) is 15.1. The number of thiophene rings is 1. The molecule has 3 atom stereocenters. The second-order valence-electron chi connectivity index (χ2n) is 10.8. The highest BCUT2D eigenvalue weighted by Gasteiger charge is 2.44. The molecule has 7 nitrogen and oxygen atoms in total. The van der Waals surface area contributed by atoms with Gasteiger partial charge in [0.2, 0.25) is 5.91 Å². The van der Waals surface area contributed by atoms with E-state index < -0.39 is 5.92 Å². The van der Waals surface area contributed by atoms with Gasteiger partial charge in [-0.3, -0.25) is 14.5 Å². The van der Waals surface area contributed by atoms with Crippen molar-refractivity contribution in [3.8, 4) is 0 Å². The zero-order chi connectivity index (χ0) is 28.1. The van der Waals surface area contributed by atoms with Gasteiger partial charge in [-0.05, 0) is 67.6 Å². The van der Waals surface area contributed by atoms with Crippen molar-refractivity contribution in [1.29, 1.82) is 0 Å². The van der Waals surface area contributed by atoms with Crippen molar-refractivity contribution in [1.82, 2.24) is 15.1 Å². The predicted molar refractivity (Wildman–Crippen MR) is 161 cm³/mol. The molecular weight excluding hydrogens is 520 g/mol. The normalized spacial score (nSPS) is 21.4. The molecule has 3 heterocycles. The van der Waals surface area contributed by atoms with Crippen molar-refractivity contribution in [2.24, 2.45) is 0 Å². The van der Waals surface area contributed by atoms with Crippen LogP contribution in [0.5, 0.6) is 0 Å². The number of rotatable bonds is 10. The molecule has 2 aliphatic rings. The number of hydrogen-bond donors (Lipinski definition) is 1. The maximum Gasteiger partial charge on any atom is 0.254 e. The summed E-state index contributed by atoms with van der Waals surface area (Å²) in [6, 6.07) is 20.4. The zero-order valence-electron chi connectivity index (χ0n) is 23.7. The van der Waals surface area contributed by atoms with E-state index in [1.165, 1.54) is 11.3 Å². The predicted octanol–water partition coefficient (Wildman–Crippen LogP) is 4.70. The van der Waals surface area contributed by atoms with Crippen LogP contribution in [0.4, 0.5) is 5.69 Å². The third kappa shape index (κ3) is 6.09. The van der Waals surface area contributed by atoms with Gasteiger partial charge in [0.05, 0.1) is 18.6 Å². The van der Waals surface area contributed by atoms with Crippen LogP contribution >= 0.6 is 11.3 Å². The lowest BCUT2D eigenvalue weighted by Gasteiger charge is -2.41.